The van der Waals surface area contributed by atoms with E-state index in [9.17, 15) is 4.79 Å². The Morgan fingerprint density at radius 1 is 1.21 bits per heavy atom. The van der Waals surface area contributed by atoms with Crippen molar-refractivity contribution in [1.29, 1.82) is 0 Å². The van der Waals surface area contributed by atoms with Crippen LogP contribution in [-0.2, 0) is 0 Å². The number of amides is 1. The van der Waals surface area contributed by atoms with Crippen molar-refractivity contribution >= 4 is 12.1 Å². The molecule has 0 heterocycles. The minimum atomic E-state index is -0.272. The quantitative estimate of drug-likeness (QED) is 0.484. The Morgan fingerprint density at radius 2 is 2.00 bits per heavy atom. The van der Waals surface area contributed by atoms with Gasteiger partial charge in [0.1, 0.15) is 6.61 Å². The predicted octanol–water partition coefficient (Wildman–Crippen LogP) is 2.86. The highest BCUT2D eigenvalue weighted by atomic mass is 16.5. The molecular weight excluding hydrogens is 304 g/mol. The highest BCUT2D eigenvalue weighted by molar-refractivity contribution is 5.94. The summed E-state index contributed by atoms with van der Waals surface area (Å²) < 4.78 is 10.9. The minimum absolute atomic E-state index is 0.167. The molecule has 5 nitrogen and oxygen atoms in total. The van der Waals surface area contributed by atoms with Crippen LogP contribution in [0.25, 0.3) is 0 Å². The number of hydrazone groups is 1. The summed E-state index contributed by atoms with van der Waals surface area (Å²) in [4.78, 5) is 11.9. The number of benzene rings is 2. The lowest BCUT2D eigenvalue weighted by atomic mass is 10.2. The molecule has 2 aromatic carbocycles. The number of hydrogen-bond donors (Lipinski definition) is 1. The van der Waals surface area contributed by atoms with E-state index in [1.807, 2.05) is 13.0 Å². The molecule has 0 aliphatic rings. The monoisotopic (exact) mass is 322 g/mol. The molecular formula is C19H18N2O3. The van der Waals surface area contributed by atoms with Gasteiger partial charge in [-0.25, -0.2) is 5.43 Å². The van der Waals surface area contributed by atoms with Crippen LogP contribution in [0.1, 0.15) is 22.8 Å². The van der Waals surface area contributed by atoms with Gasteiger partial charge in [-0.15, -0.1) is 6.42 Å². The molecule has 0 fully saturated rings. The molecule has 24 heavy (non-hydrogen) atoms. The summed E-state index contributed by atoms with van der Waals surface area (Å²) in [6.07, 6.45) is 6.73. The zero-order valence-corrected chi connectivity index (χ0v) is 13.4. The van der Waals surface area contributed by atoms with Crippen molar-refractivity contribution in [3.8, 4) is 23.8 Å². The van der Waals surface area contributed by atoms with Crippen LogP contribution in [0.2, 0.25) is 0 Å². The van der Waals surface area contributed by atoms with Crippen LogP contribution < -0.4 is 14.9 Å². The standard InChI is InChI=1S/C19H18N2O3/c1-3-12-24-17-11-10-15(13-18(17)23-4-2)14-20-21-19(22)16-8-6-5-7-9-16/h1,5-11,13-14H,4,12H2,2H3,(H,21,22)/b20-14-. The molecule has 122 valence electrons. The van der Waals surface area contributed by atoms with Crippen molar-refractivity contribution in [2.75, 3.05) is 13.2 Å². The molecule has 2 rings (SSSR count). The van der Waals surface area contributed by atoms with E-state index in [-0.39, 0.29) is 12.5 Å². The highest BCUT2D eigenvalue weighted by Crippen LogP contribution is 2.27. The van der Waals surface area contributed by atoms with Gasteiger partial charge in [0, 0.05) is 5.56 Å². The van der Waals surface area contributed by atoms with Gasteiger partial charge in [-0.1, -0.05) is 24.1 Å². The molecule has 0 atom stereocenters. The largest absolute Gasteiger partial charge is 0.490 e. The van der Waals surface area contributed by atoms with E-state index in [4.69, 9.17) is 15.9 Å². The van der Waals surface area contributed by atoms with E-state index in [1.165, 1.54) is 6.21 Å². The Balaban J connectivity index is 2.05. The fourth-order valence-electron chi connectivity index (χ4n) is 1.93. The van der Waals surface area contributed by atoms with Crippen LogP contribution in [0.5, 0.6) is 11.5 Å². The molecule has 0 bridgehead atoms. The summed E-state index contributed by atoms with van der Waals surface area (Å²) in [6, 6.07) is 14.2. The van der Waals surface area contributed by atoms with Crippen molar-refractivity contribution in [1.82, 2.24) is 5.43 Å². The van der Waals surface area contributed by atoms with E-state index in [2.05, 4.69) is 16.4 Å². The first-order valence-electron chi connectivity index (χ1n) is 7.46. The first-order valence-corrected chi connectivity index (χ1v) is 7.46. The molecule has 0 aromatic heterocycles. The van der Waals surface area contributed by atoms with E-state index in [0.717, 1.165) is 5.56 Å². The second-order valence-electron chi connectivity index (χ2n) is 4.70. The fourth-order valence-corrected chi connectivity index (χ4v) is 1.93. The van der Waals surface area contributed by atoms with Crippen molar-refractivity contribution in [2.24, 2.45) is 5.10 Å². The SMILES string of the molecule is C#CCOc1ccc(/C=N\NC(=O)c2ccccc2)cc1OCC. The average Bonchev–Trinajstić information content (AvgIpc) is 2.62. The van der Waals surface area contributed by atoms with Crippen molar-refractivity contribution < 1.29 is 14.3 Å². The van der Waals surface area contributed by atoms with E-state index < -0.39 is 0 Å². The molecule has 0 unspecified atom stereocenters. The zero-order chi connectivity index (χ0) is 17.2. The maximum Gasteiger partial charge on any atom is 0.271 e. The Kier molecular flexibility index (Phi) is 6.42. The number of ether oxygens (including phenoxy) is 2. The Hall–Kier alpha value is -3.26. The first-order chi connectivity index (χ1) is 11.7. The summed E-state index contributed by atoms with van der Waals surface area (Å²) in [5, 5.41) is 3.96. The summed E-state index contributed by atoms with van der Waals surface area (Å²) in [5.41, 5.74) is 3.79. The molecule has 2 aromatic rings. The molecule has 0 aliphatic carbocycles. The van der Waals surface area contributed by atoms with Crippen LogP contribution in [0.3, 0.4) is 0 Å². The van der Waals surface area contributed by atoms with Crippen LogP contribution in [0, 0.1) is 12.3 Å². The van der Waals surface area contributed by atoms with Crippen LogP contribution >= 0.6 is 0 Å². The number of nitrogens with one attached hydrogen (secondary N) is 1. The Bertz CT molecular complexity index is 749. The zero-order valence-electron chi connectivity index (χ0n) is 13.4. The molecule has 1 amide bonds. The van der Waals surface area contributed by atoms with Gasteiger partial charge in [0.15, 0.2) is 11.5 Å². The molecule has 5 heteroatoms. The Labute approximate surface area is 141 Å². The minimum Gasteiger partial charge on any atom is -0.490 e. The summed E-state index contributed by atoms with van der Waals surface area (Å²) in [7, 11) is 0. The van der Waals surface area contributed by atoms with Crippen molar-refractivity contribution in [3.63, 3.8) is 0 Å². The fraction of sp³-hybridized carbons (Fsp3) is 0.158. The number of carbonyl (C=O) groups excluding carboxylic acids is 1. The number of rotatable bonds is 7. The van der Waals surface area contributed by atoms with Crippen LogP contribution in [0.15, 0.2) is 53.6 Å². The number of nitrogens with zero attached hydrogens (tertiary/aromatic N) is 1. The molecule has 0 aliphatic heterocycles. The number of carbonyl (C=O) groups is 1. The predicted molar refractivity (Wildman–Crippen MR) is 93.4 cm³/mol. The molecule has 0 radical (unpaired) electrons. The van der Waals surface area contributed by atoms with Gasteiger partial charge in [0.2, 0.25) is 0 Å². The van der Waals surface area contributed by atoms with E-state index >= 15 is 0 Å². The van der Waals surface area contributed by atoms with Crippen LogP contribution in [-0.4, -0.2) is 25.3 Å². The lowest BCUT2D eigenvalue weighted by Gasteiger charge is -2.10. The maximum atomic E-state index is 11.9. The second-order valence-corrected chi connectivity index (χ2v) is 4.70. The summed E-state index contributed by atoms with van der Waals surface area (Å²) in [5.74, 6) is 3.28. The molecule has 1 N–H and O–H groups in total. The molecule has 0 saturated heterocycles. The highest BCUT2D eigenvalue weighted by Gasteiger charge is 2.06. The molecule has 0 spiro atoms. The van der Waals surface area contributed by atoms with Gasteiger partial charge in [0.25, 0.3) is 5.91 Å². The van der Waals surface area contributed by atoms with E-state index in [1.54, 1.807) is 42.5 Å². The summed E-state index contributed by atoms with van der Waals surface area (Å²) >= 11 is 0. The van der Waals surface area contributed by atoms with Crippen LogP contribution in [0.4, 0.5) is 0 Å². The van der Waals surface area contributed by atoms with Gasteiger partial charge in [0.05, 0.1) is 12.8 Å². The normalized spacial score (nSPS) is 10.2. The smallest absolute Gasteiger partial charge is 0.271 e. The van der Waals surface area contributed by atoms with Gasteiger partial charge in [-0.2, -0.15) is 5.10 Å². The van der Waals surface area contributed by atoms with Gasteiger partial charge >= 0.3 is 0 Å². The Morgan fingerprint density at radius 3 is 2.71 bits per heavy atom. The van der Waals surface area contributed by atoms with Crippen molar-refractivity contribution in [3.05, 3.63) is 59.7 Å². The van der Waals surface area contributed by atoms with Gasteiger partial charge in [-0.05, 0) is 42.8 Å². The lowest BCUT2D eigenvalue weighted by molar-refractivity contribution is 0.0955. The van der Waals surface area contributed by atoms with Gasteiger partial charge < -0.3 is 9.47 Å². The summed E-state index contributed by atoms with van der Waals surface area (Å²) in [6.45, 7) is 2.55. The third-order valence-corrected chi connectivity index (χ3v) is 2.99. The number of hydrogen-bond acceptors (Lipinski definition) is 4. The molecule has 0 saturated carbocycles. The van der Waals surface area contributed by atoms with Gasteiger partial charge in [-0.3, -0.25) is 4.79 Å². The van der Waals surface area contributed by atoms with Crippen molar-refractivity contribution in [2.45, 2.75) is 6.92 Å². The van der Waals surface area contributed by atoms with E-state index in [0.29, 0.717) is 23.7 Å². The second kappa shape index (κ2) is 9.01. The number of terminal acetylenes is 1. The lowest BCUT2D eigenvalue weighted by Crippen LogP contribution is -2.17. The first kappa shape index (κ1) is 17.1. The third kappa shape index (κ3) is 4.89. The third-order valence-electron chi connectivity index (χ3n) is 2.99. The topological polar surface area (TPSA) is 59.9 Å². The maximum absolute atomic E-state index is 11.9. The average molecular weight is 322 g/mol.